The van der Waals surface area contributed by atoms with Crippen LogP contribution in [0.15, 0.2) is 42.5 Å². The van der Waals surface area contributed by atoms with Gasteiger partial charge in [-0.25, -0.2) is 0 Å². The molecule has 1 saturated heterocycles. The Kier molecular flexibility index (Phi) is 8.99. The van der Waals surface area contributed by atoms with Crippen LogP contribution in [0, 0.1) is 5.41 Å². The first-order valence-electron chi connectivity index (χ1n) is 11.5. The number of nitrogens with one attached hydrogen (secondary N) is 1. The number of benzene rings is 2. The summed E-state index contributed by atoms with van der Waals surface area (Å²) in [5, 5.41) is 4.37. The number of carbonyl (C=O) groups excluding carboxylic acids is 2. The van der Waals surface area contributed by atoms with Crippen molar-refractivity contribution in [3.8, 4) is 5.75 Å². The van der Waals surface area contributed by atoms with E-state index in [4.69, 9.17) is 27.9 Å². The third-order valence-electron chi connectivity index (χ3n) is 6.02. The molecule has 1 heterocycles. The zero-order chi connectivity index (χ0) is 24.9. The normalized spacial score (nSPS) is 16.2. The Morgan fingerprint density at radius 3 is 2.15 bits per heavy atom. The first kappa shape index (κ1) is 26.5. The molecular formula is C26H33Cl2N3O3. The standard InChI is InChI=1S/C26H33Cl2N3O3/c1-18(32)34-21-8-6-20(7-9-21)25(33)29-24(26(2,3)4)17-31-13-11-30(12-14-31)16-19-5-10-22(27)23(28)15-19/h5-10,15,24H,11-14,16-17H2,1-4H3,(H,29,33)/t24-/m1/s1. The Morgan fingerprint density at radius 1 is 0.971 bits per heavy atom. The van der Waals surface area contributed by atoms with Crippen LogP contribution in [0.2, 0.25) is 10.0 Å². The van der Waals surface area contributed by atoms with Crippen LogP contribution >= 0.6 is 23.2 Å². The Bertz CT molecular complexity index is 997. The van der Waals surface area contributed by atoms with Crippen molar-refractivity contribution < 1.29 is 14.3 Å². The monoisotopic (exact) mass is 505 g/mol. The summed E-state index contributed by atoms with van der Waals surface area (Å²) in [5.74, 6) is -0.0928. The van der Waals surface area contributed by atoms with Gasteiger partial charge in [-0.05, 0) is 47.4 Å². The highest BCUT2D eigenvalue weighted by Crippen LogP contribution is 2.24. The summed E-state index contributed by atoms with van der Waals surface area (Å²) in [4.78, 5) is 28.8. The van der Waals surface area contributed by atoms with Crippen molar-refractivity contribution >= 4 is 35.1 Å². The molecule has 8 heteroatoms. The van der Waals surface area contributed by atoms with Gasteiger partial charge in [0.05, 0.1) is 10.0 Å². The lowest BCUT2D eigenvalue weighted by molar-refractivity contribution is -0.131. The number of rotatable bonds is 7. The molecule has 1 atom stereocenters. The third kappa shape index (κ3) is 7.70. The summed E-state index contributed by atoms with van der Waals surface area (Å²) in [6.45, 7) is 13.1. The number of hydrogen-bond acceptors (Lipinski definition) is 5. The average Bonchev–Trinajstić information content (AvgIpc) is 2.76. The average molecular weight is 506 g/mol. The smallest absolute Gasteiger partial charge is 0.308 e. The van der Waals surface area contributed by atoms with Crippen molar-refractivity contribution in [2.45, 2.75) is 40.3 Å². The highest BCUT2D eigenvalue weighted by molar-refractivity contribution is 6.42. The van der Waals surface area contributed by atoms with E-state index in [1.54, 1.807) is 24.3 Å². The van der Waals surface area contributed by atoms with Gasteiger partial charge in [-0.1, -0.05) is 50.0 Å². The molecular weight excluding hydrogens is 473 g/mol. The number of carbonyl (C=O) groups is 2. The molecule has 0 radical (unpaired) electrons. The van der Waals surface area contributed by atoms with Gasteiger partial charge < -0.3 is 10.1 Å². The summed E-state index contributed by atoms with van der Waals surface area (Å²) in [7, 11) is 0. The zero-order valence-electron chi connectivity index (χ0n) is 20.2. The van der Waals surface area contributed by atoms with Gasteiger partial charge in [0.1, 0.15) is 5.75 Å². The van der Waals surface area contributed by atoms with Crippen molar-refractivity contribution in [3.05, 3.63) is 63.6 Å². The molecule has 2 aromatic rings. The van der Waals surface area contributed by atoms with Crippen LogP contribution in [0.5, 0.6) is 5.75 Å². The molecule has 0 bridgehead atoms. The van der Waals surface area contributed by atoms with E-state index in [1.165, 1.54) is 6.92 Å². The highest BCUT2D eigenvalue weighted by atomic mass is 35.5. The lowest BCUT2D eigenvalue weighted by Gasteiger charge is -2.40. The number of piperazine rings is 1. The molecule has 6 nitrogen and oxygen atoms in total. The number of amides is 1. The fraction of sp³-hybridized carbons (Fsp3) is 0.462. The van der Waals surface area contributed by atoms with Crippen molar-refractivity contribution in [1.82, 2.24) is 15.1 Å². The van der Waals surface area contributed by atoms with Crippen LogP contribution < -0.4 is 10.1 Å². The number of hydrogen-bond donors (Lipinski definition) is 1. The van der Waals surface area contributed by atoms with Crippen molar-refractivity contribution in [2.75, 3.05) is 32.7 Å². The molecule has 184 valence electrons. The Morgan fingerprint density at radius 2 is 1.59 bits per heavy atom. The largest absolute Gasteiger partial charge is 0.427 e. The maximum Gasteiger partial charge on any atom is 0.308 e. The molecule has 2 aromatic carbocycles. The van der Waals surface area contributed by atoms with Crippen molar-refractivity contribution in [2.24, 2.45) is 5.41 Å². The van der Waals surface area contributed by atoms with Gasteiger partial charge in [0, 0.05) is 57.8 Å². The van der Waals surface area contributed by atoms with E-state index < -0.39 is 0 Å². The first-order valence-corrected chi connectivity index (χ1v) is 12.2. The van der Waals surface area contributed by atoms with Gasteiger partial charge >= 0.3 is 5.97 Å². The lowest BCUT2D eigenvalue weighted by Crippen LogP contribution is -2.54. The van der Waals surface area contributed by atoms with E-state index in [0.717, 1.165) is 44.8 Å². The minimum atomic E-state index is -0.387. The SMILES string of the molecule is CC(=O)Oc1ccc(C(=O)N[C@H](CN2CCN(Cc3ccc(Cl)c(Cl)c3)CC2)C(C)(C)C)cc1. The Balaban J connectivity index is 1.54. The second-order valence-corrected chi connectivity index (χ2v) is 10.6. The van der Waals surface area contributed by atoms with Crippen LogP contribution in [-0.4, -0.2) is 60.4 Å². The molecule has 34 heavy (non-hydrogen) atoms. The van der Waals surface area contributed by atoms with Crippen LogP contribution in [0.25, 0.3) is 0 Å². The van der Waals surface area contributed by atoms with Crippen molar-refractivity contribution in [3.63, 3.8) is 0 Å². The summed E-state index contributed by atoms with van der Waals surface area (Å²) in [6, 6.07) is 12.4. The predicted molar refractivity (Wildman–Crippen MR) is 137 cm³/mol. The molecule has 0 aromatic heterocycles. The Hall–Kier alpha value is -2.12. The van der Waals surface area contributed by atoms with Gasteiger partial charge in [-0.2, -0.15) is 0 Å². The third-order valence-corrected chi connectivity index (χ3v) is 6.76. The molecule has 0 unspecified atom stereocenters. The van der Waals surface area contributed by atoms with Gasteiger partial charge in [0.15, 0.2) is 0 Å². The fourth-order valence-corrected chi connectivity index (χ4v) is 4.22. The zero-order valence-corrected chi connectivity index (χ0v) is 21.7. The molecule has 3 rings (SSSR count). The molecule has 0 aliphatic carbocycles. The van der Waals surface area contributed by atoms with E-state index in [-0.39, 0.29) is 23.3 Å². The lowest BCUT2D eigenvalue weighted by atomic mass is 9.86. The van der Waals surface area contributed by atoms with E-state index in [2.05, 4.69) is 35.9 Å². The summed E-state index contributed by atoms with van der Waals surface area (Å²) >= 11 is 12.2. The summed E-state index contributed by atoms with van der Waals surface area (Å²) in [5.41, 5.74) is 1.59. The van der Waals surface area contributed by atoms with Crippen LogP contribution in [-0.2, 0) is 11.3 Å². The predicted octanol–water partition coefficient (Wildman–Crippen LogP) is 4.88. The highest BCUT2D eigenvalue weighted by Gasteiger charge is 2.30. The van der Waals surface area contributed by atoms with Gasteiger partial charge in [0.25, 0.3) is 5.91 Å². The molecule has 1 N–H and O–H groups in total. The number of nitrogens with zero attached hydrogens (tertiary/aromatic N) is 2. The second kappa shape index (κ2) is 11.5. The van der Waals surface area contributed by atoms with Crippen LogP contribution in [0.4, 0.5) is 0 Å². The molecule has 1 amide bonds. The van der Waals surface area contributed by atoms with E-state index in [0.29, 0.717) is 21.4 Å². The minimum absolute atomic E-state index is 0.0187. The minimum Gasteiger partial charge on any atom is -0.427 e. The van der Waals surface area contributed by atoms with Gasteiger partial charge in [-0.3, -0.25) is 19.4 Å². The van der Waals surface area contributed by atoms with Crippen LogP contribution in [0.3, 0.4) is 0 Å². The molecule has 0 saturated carbocycles. The van der Waals surface area contributed by atoms with E-state index >= 15 is 0 Å². The summed E-state index contributed by atoms with van der Waals surface area (Å²) in [6.07, 6.45) is 0. The molecule has 1 aliphatic rings. The van der Waals surface area contributed by atoms with E-state index in [9.17, 15) is 9.59 Å². The van der Waals surface area contributed by atoms with Crippen molar-refractivity contribution in [1.29, 1.82) is 0 Å². The molecule has 0 spiro atoms. The van der Waals surface area contributed by atoms with Gasteiger partial charge in [0.2, 0.25) is 0 Å². The number of esters is 1. The maximum absolute atomic E-state index is 12.9. The fourth-order valence-electron chi connectivity index (χ4n) is 3.90. The number of halogens is 2. The molecule has 1 aliphatic heterocycles. The maximum atomic E-state index is 12.9. The summed E-state index contributed by atoms with van der Waals surface area (Å²) < 4.78 is 5.05. The topological polar surface area (TPSA) is 61.9 Å². The Labute approximate surface area is 212 Å². The quantitative estimate of drug-likeness (QED) is 0.429. The first-order chi connectivity index (χ1) is 16.0. The number of ether oxygens (including phenoxy) is 1. The van der Waals surface area contributed by atoms with E-state index in [1.807, 2.05) is 18.2 Å². The second-order valence-electron chi connectivity index (χ2n) is 9.84. The molecule has 1 fully saturated rings. The van der Waals surface area contributed by atoms with Crippen LogP contribution in [0.1, 0.15) is 43.6 Å². The van der Waals surface area contributed by atoms with Gasteiger partial charge in [-0.15, -0.1) is 0 Å².